The van der Waals surface area contributed by atoms with Gasteiger partial charge in [0.2, 0.25) is 0 Å². The predicted octanol–water partition coefficient (Wildman–Crippen LogP) is 4.25. The summed E-state index contributed by atoms with van der Waals surface area (Å²) in [6.45, 7) is 2.34. The molecule has 4 amide bonds. The van der Waals surface area contributed by atoms with Gasteiger partial charge < -0.3 is 9.47 Å². The lowest BCUT2D eigenvalue weighted by Crippen LogP contribution is -2.54. The number of anilines is 1. The number of aryl methyl sites for hydroxylation is 1. The van der Waals surface area contributed by atoms with Crippen molar-refractivity contribution in [2.24, 2.45) is 0 Å². The lowest BCUT2D eigenvalue weighted by Gasteiger charge is -2.26. The van der Waals surface area contributed by atoms with Crippen molar-refractivity contribution in [2.75, 3.05) is 12.0 Å². The molecule has 0 radical (unpaired) electrons. The Bertz CT molecular complexity index is 1250. The van der Waals surface area contributed by atoms with Gasteiger partial charge >= 0.3 is 6.03 Å². The molecule has 1 N–H and O–H groups in total. The standard InChI is InChI=1S/C26H22N2O5/c1-17-6-5-7-18(14-17)16-33-23-9-4-3-8-19(23)15-22-24(29)27-26(31)28(25(22)30)20-10-12-21(32-2)13-11-20/h3-15H,16H2,1-2H3,(H,27,29,31)/b22-15+. The van der Waals surface area contributed by atoms with Crippen LogP contribution in [0.5, 0.6) is 11.5 Å². The van der Waals surface area contributed by atoms with E-state index >= 15 is 0 Å². The van der Waals surface area contributed by atoms with Gasteiger partial charge in [-0.15, -0.1) is 0 Å². The monoisotopic (exact) mass is 442 g/mol. The zero-order chi connectivity index (χ0) is 23.4. The molecular formula is C26H22N2O5. The van der Waals surface area contributed by atoms with E-state index in [4.69, 9.17) is 9.47 Å². The Morgan fingerprint density at radius 1 is 0.939 bits per heavy atom. The number of nitrogens with zero attached hydrogens (tertiary/aromatic N) is 1. The number of ether oxygens (including phenoxy) is 2. The number of imide groups is 2. The molecule has 0 saturated carbocycles. The lowest BCUT2D eigenvalue weighted by molar-refractivity contribution is -0.122. The summed E-state index contributed by atoms with van der Waals surface area (Å²) in [6.07, 6.45) is 1.44. The van der Waals surface area contributed by atoms with Gasteiger partial charge in [-0.2, -0.15) is 0 Å². The second kappa shape index (κ2) is 9.40. The van der Waals surface area contributed by atoms with Gasteiger partial charge in [-0.1, -0.05) is 48.0 Å². The number of benzene rings is 3. The van der Waals surface area contributed by atoms with E-state index in [9.17, 15) is 14.4 Å². The van der Waals surface area contributed by atoms with Crippen LogP contribution in [-0.4, -0.2) is 25.0 Å². The minimum Gasteiger partial charge on any atom is -0.497 e. The minimum absolute atomic E-state index is 0.169. The molecule has 0 aromatic heterocycles. The van der Waals surface area contributed by atoms with Gasteiger partial charge in [-0.05, 0) is 48.9 Å². The third-order valence-electron chi connectivity index (χ3n) is 5.13. The molecule has 0 unspecified atom stereocenters. The summed E-state index contributed by atoms with van der Waals surface area (Å²) in [4.78, 5) is 39.0. The van der Waals surface area contributed by atoms with E-state index in [0.717, 1.165) is 16.0 Å². The summed E-state index contributed by atoms with van der Waals surface area (Å²) >= 11 is 0. The molecule has 3 aromatic rings. The lowest BCUT2D eigenvalue weighted by atomic mass is 10.1. The van der Waals surface area contributed by atoms with Crippen molar-refractivity contribution >= 4 is 29.6 Å². The SMILES string of the molecule is COc1ccc(N2C(=O)NC(=O)/C(=C\c3ccccc3OCc3cccc(C)c3)C2=O)cc1. The Morgan fingerprint density at radius 3 is 2.42 bits per heavy atom. The number of hydrogen-bond acceptors (Lipinski definition) is 5. The number of methoxy groups -OCH3 is 1. The van der Waals surface area contributed by atoms with Gasteiger partial charge in [-0.3, -0.25) is 14.9 Å². The van der Waals surface area contributed by atoms with Crippen molar-refractivity contribution in [3.63, 3.8) is 0 Å². The maximum atomic E-state index is 13.1. The summed E-state index contributed by atoms with van der Waals surface area (Å²) in [5.74, 6) is -0.388. The maximum absolute atomic E-state index is 13.1. The second-order valence-corrected chi connectivity index (χ2v) is 7.47. The number of urea groups is 1. The Kier molecular flexibility index (Phi) is 6.22. The van der Waals surface area contributed by atoms with E-state index in [-0.39, 0.29) is 5.57 Å². The molecule has 1 saturated heterocycles. The first-order chi connectivity index (χ1) is 16.0. The topological polar surface area (TPSA) is 84.9 Å². The largest absolute Gasteiger partial charge is 0.497 e. The Labute approximate surface area is 191 Å². The van der Waals surface area contributed by atoms with Gasteiger partial charge in [0.1, 0.15) is 23.7 Å². The minimum atomic E-state index is -0.809. The zero-order valence-electron chi connectivity index (χ0n) is 18.2. The fourth-order valence-corrected chi connectivity index (χ4v) is 3.47. The highest BCUT2D eigenvalue weighted by atomic mass is 16.5. The molecular weight excluding hydrogens is 420 g/mol. The van der Waals surface area contributed by atoms with Crippen LogP contribution in [0.4, 0.5) is 10.5 Å². The van der Waals surface area contributed by atoms with Gasteiger partial charge in [0, 0.05) is 5.56 Å². The van der Waals surface area contributed by atoms with Crippen LogP contribution >= 0.6 is 0 Å². The highest BCUT2D eigenvalue weighted by molar-refractivity contribution is 6.39. The summed E-state index contributed by atoms with van der Waals surface area (Å²) in [5.41, 5.74) is 2.82. The quantitative estimate of drug-likeness (QED) is 0.456. The summed E-state index contributed by atoms with van der Waals surface area (Å²) in [6, 6.07) is 20.6. The number of nitrogens with one attached hydrogen (secondary N) is 1. The molecule has 7 nitrogen and oxygen atoms in total. The van der Waals surface area contributed by atoms with Crippen molar-refractivity contribution in [3.8, 4) is 11.5 Å². The highest BCUT2D eigenvalue weighted by Crippen LogP contribution is 2.27. The van der Waals surface area contributed by atoms with Gasteiger partial charge in [0.15, 0.2) is 0 Å². The normalized spacial score (nSPS) is 14.9. The number of carbonyl (C=O) groups is 3. The number of barbiturate groups is 1. The van der Waals surface area contributed by atoms with E-state index in [1.54, 1.807) is 42.5 Å². The Balaban J connectivity index is 1.62. The summed E-state index contributed by atoms with van der Waals surface area (Å²) in [7, 11) is 1.52. The van der Waals surface area contributed by atoms with Gasteiger partial charge in [0.25, 0.3) is 11.8 Å². The molecule has 3 aromatic carbocycles. The smallest absolute Gasteiger partial charge is 0.335 e. The number of hydrogen-bond donors (Lipinski definition) is 1. The molecule has 1 heterocycles. The first-order valence-electron chi connectivity index (χ1n) is 10.3. The van der Waals surface area contributed by atoms with Crippen LogP contribution in [0, 0.1) is 6.92 Å². The van der Waals surface area contributed by atoms with Crippen LogP contribution in [0.25, 0.3) is 6.08 Å². The fraction of sp³-hybridized carbons (Fsp3) is 0.115. The molecule has 33 heavy (non-hydrogen) atoms. The Hall–Kier alpha value is -4.39. The van der Waals surface area contributed by atoms with E-state index in [1.165, 1.54) is 13.2 Å². The highest BCUT2D eigenvalue weighted by Gasteiger charge is 2.37. The van der Waals surface area contributed by atoms with E-state index in [1.807, 2.05) is 37.3 Å². The van der Waals surface area contributed by atoms with Crippen molar-refractivity contribution in [3.05, 3.63) is 95.1 Å². The van der Waals surface area contributed by atoms with Crippen LogP contribution in [0.3, 0.4) is 0 Å². The van der Waals surface area contributed by atoms with Gasteiger partial charge in [0.05, 0.1) is 12.8 Å². The van der Waals surface area contributed by atoms with Crippen molar-refractivity contribution < 1.29 is 23.9 Å². The fourth-order valence-electron chi connectivity index (χ4n) is 3.47. The third-order valence-corrected chi connectivity index (χ3v) is 5.13. The van der Waals surface area contributed by atoms with Crippen molar-refractivity contribution in [1.82, 2.24) is 5.32 Å². The molecule has 0 spiro atoms. The van der Waals surface area contributed by atoms with E-state index < -0.39 is 17.8 Å². The van der Waals surface area contributed by atoms with Crippen molar-refractivity contribution in [2.45, 2.75) is 13.5 Å². The molecule has 166 valence electrons. The zero-order valence-corrected chi connectivity index (χ0v) is 18.2. The average Bonchev–Trinajstić information content (AvgIpc) is 2.81. The maximum Gasteiger partial charge on any atom is 0.335 e. The summed E-state index contributed by atoms with van der Waals surface area (Å²) in [5, 5.41) is 2.23. The molecule has 0 atom stereocenters. The van der Waals surface area contributed by atoms with Crippen LogP contribution in [0.15, 0.2) is 78.4 Å². The predicted molar refractivity (Wildman–Crippen MR) is 124 cm³/mol. The van der Waals surface area contributed by atoms with Crippen LogP contribution < -0.4 is 19.7 Å². The third kappa shape index (κ3) is 4.77. The van der Waals surface area contributed by atoms with Crippen LogP contribution in [0.1, 0.15) is 16.7 Å². The molecule has 7 heteroatoms. The molecule has 1 aliphatic heterocycles. The Morgan fingerprint density at radius 2 is 1.70 bits per heavy atom. The van der Waals surface area contributed by atoms with Crippen LogP contribution in [-0.2, 0) is 16.2 Å². The molecule has 0 bridgehead atoms. The van der Waals surface area contributed by atoms with E-state index in [0.29, 0.717) is 29.4 Å². The number of amides is 4. The van der Waals surface area contributed by atoms with E-state index in [2.05, 4.69) is 5.32 Å². The molecule has 4 rings (SSSR count). The number of para-hydroxylation sites is 1. The second-order valence-electron chi connectivity index (χ2n) is 7.47. The molecule has 1 fully saturated rings. The van der Waals surface area contributed by atoms with Crippen molar-refractivity contribution in [1.29, 1.82) is 0 Å². The van der Waals surface area contributed by atoms with Gasteiger partial charge in [-0.25, -0.2) is 9.69 Å². The number of carbonyl (C=O) groups excluding carboxylic acids is 3. The number of rotatable bonds is 6. The first kappa shape index (κ1) is 21.8. The molecule has 0 aliphatic carbocycles. The first-order valence-corrected chi connectivity index (χ1v) is 10.3. The molecule has 1 aliphatic rings. The summed E-state index contributed by atoms with van der Waals surface area (Å²) < 4.78 is 11.1. The average molecular weight is 442 g/mol. The van der Waals surface area contributed by atoms with Crippen LogP contribution in [0.2, 0.25) is 0 Å².